The van der Waals surface area contributed by atoms with Gasteiger partial charge in [-0.15, -0.1) is 11.8 Å². The Morgan fingerprint density at radius 2 is 1.82 bits per heavy atom. The van der Waals surface area contributed by atoms with Gasteiger partial charge in [0.05, 0.1) is 28.9 Å². The maximum Gasteiger partial charge on any atom is 0.264 e. The molecule has 0 atom stereocenters. The molecule has 0 aliphatic heterocycles. The number of methoxy groups -OCH3 is 1. The highest BCUT2D eigenvalue weighted by atomic mass is 35.5. The summed E-state index contributed by atoms with van der Waals surface area (Å²) >= 11 is 7.83. The van der Waals surface area contributed by atoms with Gasteiger partial charge < -0.3 is 4.74 Å². The van der Waals surface area contributed by atoms with Crippen LogP contribution in [0.5, 0.6) is 5.75 Å². The number of halogens is 1. The van der Waals surface area contributed by atoms with E-state index in [9.17, 15) is 13.2 Å². The number of carbonyl (C=O) groups is 1. The summed E-state index contributed by atoms with van der Waals surface area (Å²) in [4.78, 5) is 13.8. The molecule has 0 aliphatic rings. The lowest BCUT2D eigenvalue weighted by atomic mass is 10.2. The van der Waals surface area contributed by atoms with Gasteiger partial charge in [-0.1, -0.05) is 41.9 Å². The predicted octanol–water partition coefficient (Wildman–Crippen LogP) is 4.42. The van der Waals surface area contributed by atoms with Gasteiger partial charge in [0.1, 0.15) is 12.3 Å². The molecular formula is C23H22ClN3O4S2. The van der Waals surface area contributed by atoms with Crippen LogP contribution in [0.15, 0.2) is 87.7 Å². The van der Waals surface area contributed by atoms with Gasteiger partial charge in [-0.25, -0.2) is 13.8 Å². The molecule has 172 valence electrons. The van der Waals surface area contributed by atoms with E-state index in [1.54, 1.807) is 36.0 Å². The molecule has 0 saturated heterocycles. The van der Waals surface area contributed by atoms with Crippen molar-refractivity contribution in [2.45, 2.75) is 9.79 Å². The fourth-order valence-electron chi connectivity index (χ4n) is 2.88. The molecule has 0 saturated carbocycles. The summed E-state index contributed by atoms with van der Waals surface area (Å²) in [6.07, 6.45) is 3.47. The Hall–Kier alpha value is -3.01. The van der Waals surface area contributed by atoms with Crippen LogP contribution in [-0.4, -0.2) is 40.4 Å². The number of hydrazone groups is 1. The van der Waals surface area contributed by atoms with Crippen LogP contribution >= 0.6 is 23.4 Å². The number of nitrogens with one attached hydrogen (secondary N) is 1. The topological polar surface area (TPSA) is 88.1 Å². The number of amides is 1. The molecule has 1 amide bonds. The van der Waals surface area contributed by atoms with Crippen molar-refractivity contribution < 1.29 is 17.9 Å². The molecule has 7 nitrogen and oxygen atoms in total. The molecule has 33 heavy (non-hydrogen) atoms. The average molecular weight is 504 g/mol. The predicted molar refractivity (Wildman–Crippen MR) is 133 cm³/mol. The van der Waals surface area contributed by atoms with E-state index in [2.05, 4.69) is 10.5 Å². The number of anilines is 1. The van der Waals surface area contributed by atoms with E-state index in [4.69, 9.17) is 16.3 Å². The quantitative estimate of drug-likeness (QED) is 0.265. The fraction of sp³-hybridized carbons (Fsp3) is 0.130. The third kappa shape index (κ3) is 6.28. The van der Waals surface area contributed by atoms with Gasteiger partial charge in [-0.05, 0) is 54.3 Å². The zero-order chi connectivity index (χ0) is 23.8. The van der Waals surface area contributed by atoms with Crippen molar-refractivity contribution in [1.29, 1.82) is 0 Å². The number of thioether (sulfide) groups is 1. The summed E-state index contributed by atoms with van der Waals surface area (Å²) in [6, 6.07) is 20.0. The van der Waals surface area contributed by atoms with Crippen molar-refractivity contribution in [3.8, 4) is 5.75 Å². The molecule has 0 radical (unpaired) electrons. The lowest BCUT2D eigenvalue weighted by molar-refractivity contribution is -0.119. The number of sulfonamides is 1. The number of hydrogen-bond donors (Lipinski definition) is 1. The minimum absolute atomic E-state index is 0.0436. The third-order valence-electron chi connectivity index (χ3n) is 4.56. The standard InChI is InChI=1S/C23H22ClN3O4S2/c1-31-22-13-10-18(14-21(22)24)27(33(29,30)20-6-4-3-5-7-20)16-23(28)26-25-15-17-8-11-19(32-2)12-9-17/h3-15H,16H2,1-2H3,(H,26,28)/b25-15+. The van der Waals surface area contributed by atoms with Crippen LogP contribution in [0.25, 0.3) is 0 Å². The Balaban J connectivity index is 1.84. The second-order valence-corrected chi connectivity index (χ2v) is 9.86. The van der Waals surface area contributed by atoms with Crippen LogP contribution in [-0.2, 0) is 14.8 Å². The zero-order valence-corrected chi connectivity index (χ0v) is 20.3. The van der Waals surface area contributed by atoms with Crippen molar-refractivity contribution in [3.63, 3.8) is 0 Å². The Morgan fingerprint density at radius 1 is 1.12 bits per heavy atom. The first-order valence-corrected chi connectivity index (χ1v) is 12.8. The Morgan fingerprint density at radius 3 is 2.42 bits per heavy atom. The van der Waals surface area contributed by atoms with Crippen molar-refractivity contribution in [3.05, 3.63) is 83.4 Å². The number of ether oxygens (including phenoxy) is 1. The number of carbonyl (C=O) groups excluding carboxylic acids is 1. The van der Waals surface area contributed by atoms with E-state index in [0.717, 1.165) is 14.8 Å². The highest BCUT2D eigenvalue weighted by molar-refractivity contribution is 7.98. The molecule has 0 aliphatic carbocycles. The molecule has 0 heterocycles. The second kappa shape index (κ2) is 11.2. The Bertz CT molecular complexity index is 1230. The average Bonchev–Trinajstić information content (AvgIpc) is 2.83. The van der Waals surface area contributed by atoms with Gasteiger partial charge in [0, 0.05) is 4.90 Å². The molecule has 3 aromatic carbocycles. The lowest BCUT2D eigenvalue weighted by Gasteiger charge is -2.24. The molecule has 0 aromatic heterocycles. The van der Waals surface area contributed by atoms with Crippen LogP contribution in [0.2, 0.25) is 5.02 Å². The molecule has 1 N–H and O–H groups in total. The second-order valence-electron chi connectivity index (χ2n) is 6.71. The van der Waals surface area contributed by atoms with Gasteiger partial charge in [-0.3, -0.25) is 9.10 Å². The summed E-state index contributed by atoms with van der Waals surface area (Å²) in [5.74, 6) is -0.225. The molecular weight excluding hydrogens is 482 g/mol. The molecule has 3 aromatic rings. The van der Waals surface area contributed by atoms with Crippen LogP contribution in [0.3, 0.4) is 0 Å². The van der Waals surface area contributed by atoms with Gasteiger partial charge >= 0.3 is 0 Å². The first-order valence-electron chi connectivity index (χ1n) is 9.72. The van der Waals surface area contributed by atoms with E-state index in [0.29, 0.717) is 5.75 Å². The molecule has 3 rings (SSSR count). The summed E-state index contributed by atoms with van der Waals surface area (Å²) < 4.78 is 32.8. The Labute approximate surface area is 202 Å². The smallest absolute Gasteiger partial charge is 0.264 e. The number of hydrogen-bond acceptors (Lipinski definition) is 6. The maximum atomic E-state index is 13.3. The van der Waals surface area contributed by atoms with E-state index >= 15 is 0 Å². The minimum Gasteiger partial charge on any atom is -0.495 e. The van der Waals surface area contributed by atoms with E-state index in [-0.39, 0.29) is 15.6 Å². The number of rotatable bonds is 9. The van der Waals surface area contributed by atoms with Gasteiger partial charge in [-0.2, -0.15) is 5.10 Å². The largest absolute Gasteiger partial charge is 0.495 e. The summed E-state index contributed by atoms with van der Waals surface area (Å²) in [5, 5.41) is 4.16. The van der Waals surface area contributed by atoms with E-state index < -0.39 is 22.5 Å². The van der Waals surface area contributed by atoms with E-state index in [1.807, 2.05) is 30.5 Å². The van der Waals surface area contributed by atoms with Crippen molar-refractivity contribution in [2.24, 2.45) is 5.10 Å². The molecule has 0 bridgehead atoms. The molecule has 0 fully saturated rings. The molecule has 0 unspecified atom stereocenters. The first-order chi connectivity index (χ1) is 15.8. The summed E-state index contributed by atoms with van der Waals surface area (Å²) in [7, 11) is -2.59. The van der Waals surface area contributed by atoms with Crippen molar-refractivity contribution in [2.75, 3.05) is 24.2 Å². The fourth-order valence-corrected chi connectivity index (χ4v) is 4.97. The van der Waals surface area contributed by atoms with Crippen LogP contribution in [0.4, 0.5) is 5.69 Å². The van der Waals surface area contributed by atoms with E-state index in [1.165, 1.54) is 37.6 Å². The lowest BCUT2D eigenvalue weighted by Crippen LogP contribution is -2.39. The van der Waals surface area contributed by atoms with Crippen LogP contribution in [0, 0.1) is 0 Å². The van der Waals surface area contributed by atoms with Gasteiger partial charge in [0.25, 0.3) is 15.9 Å². The van der Waals surface area contributed by atoms with Crippen molar-refractivity contribution in [1.82, 2.24) is 5.43 Å². The number of nitrogens with zero attached hydrogens (tertiary/aromatic N) is 2. The van der Waals surface area contributed by atoms with Crippen molar-refractivity contribution >= 4 is 51.2 Å². The van der Waals surface area contributed by atoms with Gasteiger partial charge in [0.2, 0.25) is 0 Å². The summed E-state index contributed by atoms with van der Waals surface area (Å²) in [6.45, 7) is -0.497. The maximum absolute atomic E-state index is 13.3. The molecule has 10 heteroatoms. The molecule has 0 spiro atoms. The highest BCUT2D eigenvalue weighted by Gasteiger charge is 2.27. The monoisotopic (exact) mass is 503 g/mol. The van der Waals surface area contributed by atoms with Crippen LogP contribution < -0.4 is 14.5 Å². The normalized spacial score (nSPS) is 11.4. The highest BCUT2D eigenvalue weighted by Crippen LogP contribution is 2.31. The minimum atomic E-state index is -4.05. The summed E-state index contributed by atoms with van der Waals surface area (Å²) in [5.41, 5.74) is 3.40. The SMILES string of the molecule is COc1ccc(N(CC(=O)N/N=C/c2ccc(SC)cc2)S(=O)(=O)c2ccccc2)cc1Cl. The first kappa shape index (κ1) is 24.6. The van der Waals surface area contributed by atoms with Crippen LogP contribution in [0.1, 0.15) is 5.56 Å². The third-order valence-corrected chi connectivity index (χ3v) is 7.39. The van der Waals surface area contributed by atoms with Gasteiger partial charge in [0.15, 0.2) is 0 Å². The number of benzene rings is 3. The zero-order valence-electron chi connectivity index (χ0n) is 17.9. The Kier molecular flexibility index (Phi) is 8.37.